The van der Waals surface area contributed by atoms with E-state index >= 15 is 0 Å². The third-order valence-corrected chi connectivity index (χ3v) is 6.10. The largest absolute Gasteiger partial charge is 0.371 e. The Hall–Kier alpha value is -2.69. The molecule has 2 heterocycles. The molecule has 1 unspecified atom stereocenters. The molecule has 1 saturated heterocycles. The number of hydrogen-bond acceptors (Lipinski definition) is 3. The van der Waals surface area contributed by atoms with Crippen molar-refractivity contribution in [3.05, 3.63) is 53.3 Å². The number of fused-ring (bicyclic) bond motifs is 1. The zero-order chi connectivity index (χ0) is 20.4. The van der Waals surface area contributed by atoms with E-state index in [0.29, 0.717) is 5.69 Å². The first-order valence-electron chi connectivity index (χ1n) is 10.5. The van der Waals surface area contributed by atoms with Crippen molar-refractivity contribution < 1.29 is 9.18 Å². The summed E-state index contributed by atoms with van der Waals surface area (Å²) in [6.45, 7) is 6.61. The molecule has 1 N–H and O–H groups in total. The summed E-state index contributed by atoms with van der Waals surface area (Å²) in [5.41, 5.74) is 4.61. The number of aliphatic imine (C=N–C) groups is 1. The van der Waals surface area contributed by atoms with Gasteiger partial charge >= 0.3 is 0 Å². The third-order valence-electron chi connectivity index (χ3n) is 6.10. The van der Waals surface area contributed by atoms with Crippen LogP contribution in [-0.4, -0.2) is 25.2 Å². The minimum atomic E-state index is -0.483. The average molecular weight is 394 g/mol. The molecule has 5 heteroatoms. The second kappa shape index (κ2) is 8.36. The Labute approximate surface area is 171 Å². The van der Waals surface area contributed by atoms with Crippen molar-refractivity contribution >= 4 is 29.2 Å². The van der Waals surface area contributed by atoms with Gasteiger partial charge < -0.3 is 10.2 Å². The highest BCUT2D eigenvalue weighted by Gasteiger charge is 2.29. The van der Waals surface area contributed by atoms with Crippen LogP contribution in [0.25, 0.3) is 0 Å². The van der Waals surface area contributed by atoms with Crippen molar-refractivity contribution in [3.63, 3.8) is 0 Å². The lowest BCUT2D eigenvalue weighted by Gasteiger charge is -2.34. The van der Waals surface area contributed by atoms with E-state index in [2.05, 4.69) is 41.2 Å². The molecule has 0 radical (unpaired) electrons. The van der Waals surface area contributed by atoms with Gasteiger partial charge in [0.05, 0.1) is 5.69 Å². The number of nitrogens with one attached hydrogen (secondary N) is 1. The molecule has 2 aliphatic heterocycles. The first kappa shape index (κ1) is 19.6. The number of rotatable bonds is 5. The van der Waals surface area contributed by atoms with E-state index < -0.39 is 5.92 Å². The Balaban J connectivity index is 1.46. The number of anilines is 2. The van der Waals surface area contributed by atoms with E-state index in [0.717, 1.165) is 30.3 Å². The lowest BCUT2D eigenvalue weighted by molar-refractivity contribution is -0.115. The van der Waals surface area contributed by atoms with Crippen molar-refractivity contribution in [2.75, 3.05) is 23.3 Å². The number of amides is 1. The predicted molar refractivity (Wildman–Crippen MR) is 117 cm³/mol. The van der Waals surface area contributed by atoms with Crippen LogP contribution in [0.5, 0.6) is 0 Å². The van der Waals surface area contributed by atoms with Crippen LogP contribution in [0.2, 0.25) is 0 Å². The molecule has 1 fully saturated rings. The molecule has 2 aromatic carbocycles. The molecular weight excluding hydrogens is 365 g/mol. The van der Waals surface area contributed by atoms with Gasteiger partial charge in [0, 0.05) is 30.7 Å². The van der Waals surface area contributed by atoms with Gasteiger partial charge in [0.2, 0.25) is 5.91 Å². The molecule has 2 aliphatic rings. The number of piperidine rings is 1. The van der Waals surface area contributed by atoms with Gasteiger partial charge in [0.25, 0.3) is 0 Å². The Bertz CT molecular complexity index is 932. The molecule has 29 heavy (non-hydrogen) atoms. The highest BCUT2D eigenvalue weighted by molar-refractivity contribution is 6.12. The summed E-state index contributed by atoms with van der Waals surface area (Å²) >= 11 is 0. The first-order chi connectivity index (χ1) is 14.0. The minimum absolute atomic E-state index is 0.169. The average Bonchev–Trinajstić information content (AvgIpc) is 3.01. The smallest absolute Gasteiger partial charge is 0.237 e. The maximum absolute atomic E-state index is 13.4. The maximum atomic E-state index is 13.4. The van der Waals surface area contributed by atoms with Crippen LogP contribution in [0, 0.1) is 18.7 Å². The van der Waals surface area contributed by atoms with Crippen molar-refractivity contribution in [1.29, 1.82) is 0 Å². The molecule has 0 spiro atoms. The van der Waals surface area contributed by atoms with Crippen molar-refractivity contribution in [3.8, 4) is 0 Å². The van der Waals surface area contributed by atoms with Crippen LogP contribution >= 0.6 is 0 Å². The molecule has 152 valence electrons. The molecule has 0 saturated carbocycles. The standard InChI is InChI=1S/C24H28FN3O/c1-3-4-17-9-11-28(12-10-17)23-8-6-19(13-16(23)2)26-15-21-20-7-5-18(25)14-22(20)27-24(21)29/h5-8,13-15,17,21H,3-4,9-12H2,1-2H3,(H,27,29). The lowest BCUT2D eigenvalue weighted by atomic mass is 9.92. The first-order valence-corrected chi connectivity index (χ1v) is 10.5. The van der Waals surface area contributed by atoms with Crippen molar-refractivity contribution in [1.82, 2.24) is 0 Å². The summed E-state index contributed by atoms with van der Waals surface area (Å²) in [5, 5.41) is 2.72. The zero-order valence-corrected chi connectivity index (χ0v) is 17.1. The summed E-state index contributed by atoms with van der Waals surface area (Å²) in [7, 11) is 0. The van der Waals surface area contributed by atoms with Crippen LogP contribution in [0.15, 0.2) is 41.4 Å². The van der Waals surface area contributed by atoms with Gasteiger partial charge in [-0.15, -0.1) is 0 Å². The molecule has 1 amide bonds. The van der Waals surface area contributed by atoms with E-state index in [4.69, 9.17) is 0 Å². The maximum Gasteiger partial charge on any atom is 0.237 e. The molecule has 2 aromatic rings. The zero-order valence-electron chi connectivity index (χ0n) is 17.1. The quantitative estimate of drug-likeness (QED) is 0.673. The van der Waals surface area contributed by atoms with Gasteiger partial charge in [-0.3, -0.25) is 9.79 Å². The summed E-state index contributed by atoms with van der Waals surface area (Å²) in [4.78, 5) is 19.3. The Morgan fingerprint density at radius 1 is 1.21 bits per heavy atom. The van der Waals surface area contributed by atoms with Crippen LogP contribution in [0.4, 0.5) is 21.5 Å². The molecule has 0 aromatic heterocycles. The van der Waals surface area contributed by atoms with Gasteiger partial charge in [-0.1, -0.05) is 25.8 Å². The predicted octanol–water partition coefficient (Wildman–Crippen LogP) is 5.59. The highest BCUT2D eigenvalue weighted by atomic mass is 19.1. The number of nitrogens with zero attached hydrogens (tertiary/aromatic N) is 2. The molecule has 0 aliphatic carbocycles. The topological polar surface area (TPSA) is 44.7 Å². The number of hydrogen-bond donors (Lipinski definition) is 1. The van der Waals surface area contributed by atoms with Crippen molar-refractivity contribution in [2.24, 2.45) is 10.9 Å². The van der Waals surface area contributed by atoms with Crippen LogP contribution < -0.4 is 10.2 Å². The van der Waals surface area contributed by atoms with Gasteiger partial charge in [-0.05, 0) is 67.1 Å². The second-order valence-electron chi connectivity index (χ2n) is 8.17. The van der Waals surface area contributed by atoms with Crippen LogP contribution in [0.1, 0.15) is 49.7 Å². The van der Waals surface area contributed by atoms with E-state index in [1.165, 1.54) is 49.1 Å². The SMILES string of the molecule is CCCC1CCN(c2ccc(N=CC3C(=O)Nc4cc(F)ccc43)cc2C)CC1. The van der Waals surface area contributed by atoms with E-state index in [1.54, 1.807) is 12.3 Å². The fourth-order valence-corrected chi connectivity index (χ4v) is 4.51. The van der Waals surface area contributed by atoms with Gasteiger partial charge in [0.15, 0.2) is 0 Å². The monoisotopic (exact) mass is 393 g/mol. The Kier molecular flexibility index (Phi) is 5.65. The molecule has 0 bridgehead atoms. The van der Waals surface area contributed by atoms with Gasteiger partial charge in [-0.25, -0.2) is 4.39 Å². The molecular formula is C24H28FN3O. The number of carbonyl (C=O) groups is 1. The summed E-state index contributed by atoms with van der Waals surface area (Å²) in [6, 6.07) is 10.6. The Morgan fingerprint density at radius 2 is 2.00 bits per heavy atom. The Morgan fingerprint density at radius 3 is 2.72 bits per heavy atom. The minimum Gasteiger partial charge on any atom is -0.371 e. The number of aryl methyl sites for hydroxylation is 1. The summed E-state index contributed by atoms with van der Waals surface area (Å²) < 4.78 is 13.4. The second-order valence-corrected chi connectivity index (χ2v) is 8.17. The van der Waals surface area contributed by atoms with E-state index in [9.17, 15) is 9.18 Å². The van der Waals surface area contributed by atoms with Gasteiger partial charge in [-0.2, -0.15) is 0 Å². The number of benzene rings is 2. The normalized spacial score (nSPS) is 19.6. The molecule has 1 atom stereocenters. The highest BCUT2D eigenvalue weighted by Crippen LogP contribution is 2.33. The van der Waals surface area contributed by atoms with Crippen LogP contribution in [-0.2, 0) is 4.79 Å². The number of halogens is 1. The van der Waals surface area contributed by atoms with E-state index in [1.807, 2.05) is 6.07 Å². The fourth-order valence-electron chi connectivity index (χ4n) is 4.51. The van der Waals surface area contributed by atoms with E-state index in [-0.39, 0.29) is 11.7 Å². The molecule has 4 rings (SSSR count). The summed E-state index contributed by atoms with van der Waals surface area (Å²) in [6.07, 6.45) is 6.80. The summed E-state index contributed by atoms with van der Waals surface area (Å²) in [5.74, 6) is -0.137. The van der Waals surface area contributed by atoms with Crippen molar-refractivity contribution in [2.45, 2.75) is 45.4 Å². The van der Waals surface area contributed by atoms with Gasteiger partial charge in [0.1, 0.15) is 11.7 Å². The lowest BCUT2D eigenvalue weighted by Crippen LogP contribution is -2.34. The fraction of sp³-hybridized carbons (Fsp3) is 0.417. The number of carbonyl (C=O) groups excluding carboxylic acids is 1. The van der Waals surface area contributed by atoms with Crippen LogP contribution in [0.3, 0.4) is 0 Å². The third kappa shape index (κ3) is 4.19. The molecule has 4 nitrogen and oxygen atoms in total.